The van der Waals surface area contributed by atoms with Gasteiger partial charge in [0, 0.05) is 66.5 Å². The number of fused-ring (bicyclic) bond motifs is 8. The second kappa shape index (κ2) is 16.3. The Morgan fingerprint density at radius 2 is 0.500 bits per heavy atom. The quantitative estimate of drug-likeness (QED) is 0.0797. The van der Waals surface area contributed by atoms with E-state index in [-0.39, 0.29) is 88.7 Å². The van der Waals surface area contributed by atoms with Crippen LogP contribution in [0.3, 0.4) is 0 Å². The summed E-state index contributed by atoms with van der Waals surface area (Å²) < 4.78 is 199. The van der Waals surface area contributed by atoms with Gasteiger partial charge in [-0.1, -0.05) is 24.3 Å². The summed E-state index contributed by atoms with van der Waals surface area (Å²) in [5.74, 6) is -5.21. The highest BCUT2D eigenvalue weighted by molar-refractivity contribution is 7.86. The fourth-order valence-corrected chi connectivity index (χ4v) is 10.4. The van der Waals surface area contributed by atoms with Gasteiger partial charge in [-0.25, -0.2) is 17.6 Å². The summed E-state index contributed by atoms with van der Waals surface area (Å²) in [5.41, 5.74) is 0.788. The molecule has 0 unspecified atom stereocenters. The first-order valence-electron chi connectivity index (χ1n) is 19.2. The minimum Gasteiger partial charge on any atom is -0.354 e. The third-order valence-electron chi connectivity index (χ3n) is 10.9. The molecule has 24 heteroatoms. The Hall–Kier alpha value is -7.16. The highest BCUT2D eigenvalue weighted by Crippen LogP contribution is 2.32. The first kappa shape index (κ1) is 46.0. The van der Waals surface area contributed by atoms with Gasteiger partial charge in [-0.15, -0.1) is 0 Å². The zero-order valence-electron chi connectivity index (χ0n) is 33.7. The van der Waals surface area contributed by atoms with Gasteiger partial charge in [-0.3, -0.25) is 18.2 Å². The number of halogens is 4. The predicted octanol–water partition coefficient (Wildman–Crippen LogP) is 3.84. The van der Waals surface area contributed by atoms with Gasteiger partial charge in [-0.05, 0) is 119 Å². The standard InChI is InChI=1S/C44H28F4N4O12S4/c45-25-5-1-21(17-37(25)65(53,54)55)41-29-9-11-31(49-29)42(22-2-6-26(46)38(18-22)66(56,57)58)33-13-15-35(51-33)44(24-4-8-28(48)40(20-24)68(62,63)64)36-16-14-34(52-36)43(32-12-10-30(41)50-32)23-3-7-27(47)39(19-23)67(59,60)61/h1-20,49-52H,(H,53,54,55)(H,56,57,58)(H,59,60,61)(H,62,63,64). The molecule has 0 fully saturated rings. The molecule has 0 aliphatic carbocycles. The Labute approximate surface area is 381 Å². The summed E-state index contributed by atoms with van der Waals surface area (Å²) in [6.45, 7) is 0. The second-order valence-corrected chi connectivity index (χ2v) is 20.7. The average molecular weight is 1010 g/mol. The number of benzene rings is 4. The molecule has 0 spiro atoms. The summed E-state index contributed by atoms with van der Waals surface area (Å²) in [6.07, 6.45) is 0. The van der Waals surface area contributed by atoms with Crippen LogP contribution in [0, 0.1) is 23.3 Å². The lowest BCUT2D eigenvalue weighted by Gasteiger charge is -2.12. The lowest BCUT2D eigenvalue weighted by molar-refractivity contribution is 0.470. The van der Waals surface area contributed by atoms with Crippen LogP contribution in [-0.2, 0) is 40.5 Å². The van der Waals surface area contributed by atoms with Gasteiger partial charge < -0.3 is 19.9 Å². The molecule has 9 rings (SSSR count). The van der Waals surface area contributed by atoms with Crippen molar-refractivity contribution in [1.29, 1.82) is 0 Å². The number of aromatic nitrogens is 4. The zero-order valence-corrected chi connectivity index (χ0v) is 37.0. The minimum absolute atomic E-state index is 0.0250. The van der Waals surface area contributed by atoms with Crippen LogP contribution >= 0.6 is 0 Å². The van der Waals surface area contributed by atoms with Gasteiger partial charge in [0.1, 0.15) is 42.9 Å². The van der Waals surface area contributed by atoms with E-state index in [9.17, 15) is 69.4 Å². The van der Waals surface area contributed by atoms with E-state index in [0.29, 0.717) is 0 Å². The van der Waals surface area contributed by atoms with Gasteiger partial charge in [0.15, 0.2) is 0 Å². The normalized spacial score (nSPS) is 13.6. The SMILES string of the molecule is O=S(=O)(O)c1cc(C2=c3ccc([nH]3)=C(c3ccc(F)c(S(=O)(=O)O)c3)c3ccc([nH]3)C(c3ccc(F)c(S(=O)(=O)O)c3)=c3ccc([nH]3)=C(c3ccc(F)c(S(=O)(=O)O)c3)c3ccc2[nH]3)ccc1F. The maximum absolute atomic E-state index is 15.0. The van der Waals surface area contributed by atoms with Crippen molar-refractivity contribution in [3.8, 4) is 0 Å². The minimum atomic E-state index is -5.16. The fraction of sp³-hybridized carbons (Fsp3) is 0. The van der Waals surface area contributed by atoms with Gasteiger partial charge in [0.05, 0.1) is 0 Å². The number of H-pyrrole nitrogens is 4. The van der Waals surface area contributed by atoms with Crippen LogP contribution in [-0.4, -0.2) is 71.8 Å². The number of nitrogens with one attached hydrogen (secondary N) is 4. The topological polar surface area (TPSA) is 281 Å². The van der Waals surface area contributed by atoms with Crippen molar-refractivity contribution in [2.75, 3.05) is 0 Å². The Morgan fingerprint density at radius 1 is 0.294 bits per heavy atom. The zero-order chi connectivity index (χ0) is 48.8. The van der Waals surface area contributed by atoms with Gasteiger partial charge in [0.25, 0.3) is 40.5 Å². The lowest BCUT2D eigenvalue weighted by atomic mass is 10.0. The monoisotopic (exact) mass is 1010 g/mol. The molecule has 5 heterocycles. The van der Waals surface area contributed by atoms with Crippen molar-refractivity contribution in [3.63, 3.8) is 0 Å². The van der Waals surface area contributed by atoms with Crippen LogP contribution in [0.5, 0.6) is 0 Å². The van der Waals surface area contributed by atoms with E-state index in [1.54, 1.807) is 0 Å². The molecule has 16 nitrogen and oxygen atoms in total. The molecular weight excluding hydrogens is 981 g/mol. The Kier molecular flexibility index (Phi) is 11.0. The van der Waals surface area contributed by atoms with Gasteiger partial charge in [-0.2, -0.15) is 33.7 Å². The van der Waals surface area contributed by atoms with Crippen molar-refractivity contribution < 1.29 is 69.4 Å². The van der Waals surface area contributed by atoms with E-state index < -0.39 is 83.3 Å². The van der Waals surface area contributed by atoms with Crippen LogP contribution in [0.15, 0.2) is 141 Å². The third kappa shape index (κ3) is 8.43. The molecule has 0 saturated heterocycles. The molecule has 68 heavy (non-hydrogen) atoms. The fourth-order valence-electron chi connectivity index (χ4n) is 8.00. The molecule has 348 valence electrons. The maximum atomic E-state index is 15.0. The first-order valence-corrected chi connectivity index (χ1v) is 25.0. The molecule has 8 bridgehead atoms. The number of rotatable bonds is 8. The van der Waals surface area contributed by atoms with E-state index in [1.807, 2.05) is 0 Å². The van der Waals surface area contributed by atoms with Gasteiger partial charge >= 0.3 is 0 Å². The molecule has 0 radical (unpaired) electrons. The smallest absolute Gasteiger partial charge is 0.297 e. The molecule has 0 saturated carbocycles. The maximum Gasteiger partial charge on any atom is 0.297 e. The molecular formula is C44H28F4N4O12S4. The van der Waals surface area contributed by atoms with Crippen molar-refractivity contribution >= 4 is 62.8 Å². The van der Waals surface area contributed by atoms with E-state index in [0.717, 1.165) is 48.5 Å². The van der Waals surface area contributed by atoms with Crippen molar-refractivity contribution in [3.05, 3.63) is 211 Å². The molecule has 4 aromatic heterocycles. The van der Waals surface area contributed by atoms with Crippen molar-refractivity contribution in [2.24, 2.45) is 0 Å². The molecule has 1 aliphatic rings. The molecule has 1 aliphatic heterocycles. The molecule has 4 aromatic carbocycles. The molecule has 0 atom stereocenters. The average Bonchev–Trinajstić information content (AvgIpc) is 4.09. The van der Waals surface area contributed by atoms with Crippen LogP contribution < -0.4 is 21.4 Å². The van der Waals surface area contributed by atoms with Gasteiger partial charge in [0.2, 0.25) is 0 Å². The van der Waals surface area contributed by atoms with E-state index in [1.165, 1.54) is 72.8 Å². The molecule has 8 aromatic rings. The highest BCUT2D eigenvalue weighted by atomic mass is 32.2. The summed E-state index contributed by atoms with van der Waals surface area (Å²) in [4.78, 5) is 8.26. The Bertz CT molecular complexity index is 3690. The number of hydrogen-bond acceptors (Lipinski definition) is 8. The lowest BCUT2D eigenvalue weighted by Crippen LogP contribution is -2.19. The number of hydrogen-bond donors (Lipinski definition) is 8. The Morgan fingerprint density at radius 3 is 0.691 bits per heavy atom. The van der Waals surface area contributed by atoms with Crippen LogP contribution in [0.2, 0.25) is 0 Å². The van der Waals surface area contributed by atoms with Crippen LogP contribution in [0.1, 0.15) is 45.0 Å². The van der Waals surface area contributed by atoms with Crippen molar-refractivity contribution in [2.45, 2.75) is 19.6 Å². The summed E-state index contributed by atoms with van der Waals surface area (Å²) in [7, 11) is -20.7. The second-order valence-electron chi connectivity index (χ2n) is 15.1. The van der Waals surface area contributed by atoms with E-state index >= 15 is 0 Å². The number of aromatic amines is 4. The van der Waals surface area contributed by atoms with Crippen molar-refractivity contribution in [1.82, 2.24) is 19.9 Å². The summed E-state index contributed by atoms with van der Waals surface area (Å²) >= 11 is 0. The predicted molar refractivity (Wildman–Crippen MR) is 233 cm³/mol. The highest BCUT2D eigenvalue weighted by Gasteiger charge is 2.26. The Balaban J connectivity index is 1.48. The van der Waals surface area contributed by atoms with E-state index in [4.69, 9.17) is 0 Å². The largest absolute Gasteiger partial charge is 0.354 e. The van der Waals surface area contributed by atoms with Crippen LogP contribution in [0.25, 0.3) is 22.3 Å². The molecule has 8 N–H and O–H groups in total. The summed E-state index contributed by atoms with van der Waals surface area (Å²) in [5, 5.41) is 0.519. The summed E-state index contributed by atoms with van der Waals surface area (Å²) in [6, 6.07) is 23.1. The third-order valence-corrected chi connectivity index (χ3v) is 14.4. The first-order chi connectivity index (χ1) is 31.9. The van der Waals surface area contributed by atoms with Crippen LogP contribution in [0.4, 0.5) is 17.6 Å². The van der Waals surface area contributed by atoms with E-state index in [2.05, 4.69) is 19.9 Å². The molecule has 0 amide bonds.